The van der Waals surface area contributed by atoms with E-state index in [0.717, 1.165) is 24.0 Å². The Morgan fingerprint density at radius 2 is 2.00 bits per heavy atom. The summed E-state index contributed by atoms with van der Waals surface area (Å²) in [6.45, 7) is 4.71. The quantitative estimate of drug-likeness (QED) is 0.926. The highest BCUT2D eigenvalue weighted by atomic mass is 32.2. The molecule has 1 aromatic rings. The van der Waals surface area contributed by atoms with Crippen molar-refractivity contribution in [1.29, 1.82) is 0 Å². The Morgan fingerprint density at radius 1 is 1.30 bits per heavy atom. The van der Waals surface area contributed by atoms with E-state index in [1.807, 2.05) is 6.92 Å². The summed E-state index contributed by atoms with van der Waals surface area (Å²) < 4.78 is 26.7. The van der Waals surface area contributed by atoms with Crippen LogP contribution in [0.3, 0.4) is 0 Å². The molecule has 20 heavy (non-hydrogen) atoms. The molecule has 1 aromatic carbocycles. The van der Waals surface area contributed by atoms with Gasteiger partial charge in [-0.05, 0) is 36.8 Å². The molecule has 112 valence electrons. The third-order valence-corrected chi connectivity index (χ3v) is 5.91. The van der Waals surface area contributed by atoms with Gasteiger partial charge in [0.1, 0.15) is 0 Å². The van der Waals surface area contributed by atoms with Gasteiger partial charge < -0.3 is 5.11 Å². The Kier molecular flexibility index (Phi) is 4.83. The molecular weight excluding hydrogens is 274 g/mol. The van der Waals surface area contributed by atoms with Crippen molar-refractivity contribution in [3.8, 4) is 0 Å². The zero-order valence-electron chi connectivity index (χ0n) is 12.1. The lowest BCUT2D eigenvalue weighted by molar-refractivity contribution is 0.220. The minimum Gasteiger partial charge on any atom is -0.392 e. The van der Waals surface area contributed by atoms with E-state index in [1.54, 1.807) is 28.6 Å². The first kappa shape index (κ1) is 15.5. The number of aliphatic hydroxyl groups excluding tert-OH is 1. The molecule has 4 nitrogen and oxygen atoms in total. The average Bonchev–Trinajstić information content (AvgIpc) is 2.37. The zero-order chi connectivity index (χ0) is 14.8. The lowest BCUT2D eigenvalue weighted by Crippen LogP contribution is -2.44. The summed E-state index contributed by atoms with van der Waals surface area (Å²) in [6, 6.07) is 7.21. The summed E-state index contributed by atoms with van der Waals surface area (Å²) >= 11 is 0. The Morgan fingerprint density at radius 3 is 2.65 bits per heavy atom. The first-order chi connectivity index (χ1) is 9.42. The molecule has 2 atom stereocenters. The second-order valence-corrected chi connectivity index (χ2v) is 7.75. The Labute approximate surface area is 121 Å². The molecule has 1 N–H and O–H groups in total. The van der Waals surface area contributed by atoms with Gasteiger partial charge >= 0.3 is 0 Å². The molecule has 5 heteroatoms. The smallest absolute Gasteiger partial charge is 0.218 e. The Balaban J connectivity index is 2.14. The van der Waals surface area contributed by atoms with Crippen molar-refractivity contribution < 1.29 is 13.5 Å². The fraction of sp³-hybridized carbons (Fsp3) is 0.600. The molecule has 1 aliphatic rings. The average molecular weight is 297 g/mol. The highest BCUT2D eigenvalue weighted by Gasteiger charge is 2.31. The van der Waals surface area contributed by atoms with Crippen LogP contribution in [0, 0.1) is 5.92 Å². The van der Waals surface area contributed by atoms with Crippen LogP contribution in [0.4, 0.5) is 0 Å². The summed E-state index contributed by atoms with van der Waals surface area (Å²) in [5.74, 6) is 0.605. The summed E-state index contributed by atoms with van der Waals surface area (Å²) in [6.07, 6.45) is 1.86. The van der Waals surface area contributed by atoms with Crippen molar-refractivity contribution in [2.75, 3.05) is 6.54 Å². The molecule has 1 aliphatic heterocycles. The number of sulfonamides is 1. The molecule has 2 unspecified atom stereocenters. The lowest BCUT2D eigenvalue weighted by Gasteiger charge is -2.35. The van der Waals surface area contributed by atoms with Gasteiger partial charge in [0, 0.05) is 12.6 Å². The summed E-state index contributed by atoms with van der Waals surface area (Å²) in [5.41, 5.74) is 1.49. The van der Waals surface area contributed by atoms with Gasteiger partial charge in [0.05, 0.1) is 12.4 Å². The summed E-state index contributed by atoms with van der Waals surface area (Å²) in [5, 5.41) is 9.12. The van der Waals surface area contributed by atoms with Crippen LogP contribution in [0.15, 0.2) is 24.3 Å². The van der Waals surface area contributed by atoms with Gasteiger partial charge in [0.15, 0.2) is 0 Å². The predicted octanol–water partition coefficient (Wildman–Crippen LogP) is 2.13. The number of rotatable bonds is 4. The number of benzene rings is 1. The van der Waals surface area contributed by atoms with Crippen LogP contribution in [-0.4, -0.2) is 30.4 Å². The maximum absolute atomic E-state index is 12.5. The monoisotopic (exact) mass is 297 g/mol. The highest BCUT2D eigenvalue weighted by Crippen LogP contribution is 2.26. The van der Waals surface area contributed by atoms with Crippen LogP contribution >= 0.6 is 0 Å². The Bertz CT molecular complexity index is 556. The van der Waals surface area contributed by atoms with E-state index in [2.05, 4.69) is 6.92 Å². The second-order valence-electron chi connectivity index (χ2n) is 5.82. The Hall–Kier alpha value is -0.910. The molecule has 0 bridgehead atoms. The maximum Gasteiger partial charge on any atom is 0.218 e. The van der Waals surface area contributed by atoms with E-state index in [0.29, 0.717) is 12.5 Å². The standard InChI is InChI=1S/C15H23NO3S/c1-12-6-7-16(13(2)8-12)20(18,19)11-15-5-3-4-14(9-15)10-17/h3-5,9,12-13,17H,6-8,10-11H2,1-2H3. The predicted molar refractivity (Wildman–Crippen MR) is 79.6 cm³/mol. The number of piperidine rings is 1. The third-order valence-electron chi connectivity index (χ3n) is 3.96. The highest BCUT2D eigenvalue weighted by molar-refractivity contribution is 7.88. The summed E-state index contributed by atoms with van der Waals surface area (Å²) in [7, 11) is -3.28. The van der Waals surface area contributed by atoms with E-state index in [1.165, 1.54) is 0 Å². The van der Waals surface area contributed by atoms with Crippen molar-refractivity contribution in [1.82, 2.24) is 4.31 Å². The minimum atomic E-state index is -3.28. The molecular formula is C15H23NO3S. The van der Waals surface area contributed by atoms with Crippen molar-refractivity contribution in [2.45, 2.75) is 45.1 Å². The van der Waals surface area contributed by atoms with Crippen molar-refractivity contribution in [3.05, 3.63) is 35.4 Å². The van der Waals surface area contributed by atoms with Crippen LogP contribution in [0.1, 0.15) is 37.8 Å². The van der Waals surface area contributed by atoms with Gasteiger partial charge in [-0.2, -0.15) is 4.31 Å². The van der Waals surface area contributed by atoms with Gasteiger partial charge in [-0.1, -0.05) is 31.2 Å². The molecule has 1 saturated heterocycles. The number of hydrogen-bond donors (Lipinski definition) is 1. The van der Waals surface area contributed by atoms with Gasteiger partial charge in [-0.3, -0.25) is 0 Å². The van der Waals surface area contributed by atoms with Gasteiger partial charge in [0.25, 0.3) is 0 Å². The molecule has 1 heterocycles. The fourth-order valence-corrected chi connectivity index (χ4v) is 4.69. The van der Waals surface area contributed by atoms with Crippen molar-refractivity contribution in [3.63, 3.8) is 0 Å². The van der Waals surface area contributed by atoms with E-state index in [4.69, 9.17) is 5.11 Å². The largest absolute Gasteiger partial charge is 0.392 e. The molecule has 0 amide bonds. The van der Waals surface area contributed by atoms with Gasteiger partial charge in [-0.15, -0.1) is 0 Å². The van der Waals surface area contributed by atoms with Gasteiger partial charge in [-0.25, -0.2) is 8.42 Å². The van der Waals surface area contributed by atoms with E-state index in [-0.39, 0.29) is 18.4 Å². The molecule has 0 radical (unpaired) electrons. The van der Waals surface area contributed by atoms with E-state index in [9.17, 15) is 8.42 Å². The van der Waals surface area contributed by atoms with Crippen LogP contribution in [-0.2, 0) is 22.4 Å². The van der Waals surface area contributed by atoms with E-state index >= 15 is 0 Å². The fourth-order valence-electron chi connectivity index (χ4n) is 2.91. The van der Waals surface area contributed by atoms with Crippen molar-refractivity contribution >= 4 is 10.0 Å². The summed E-state index contributed by atoms with van der Waals surface area (Å²) in [4.78, 5) is 0. The van der Waals surface area contributed by atoms with Crippen molar-refractivity contribution in [2.24, 2.45) is 5.92 Å². The molecule has 0 spiro atoms. The maximum atomic E-state index is 12.5. The first-order valence-electron chi connectivity index (χ1n) is 7.10. The van der Waals surface area contributed by atoms with Crippen LogP contribution in [0.25, 0.3) is 0 Å². The van der Waals surface area contributed by atoms with Gasteiger partial charge in [0.2, 0.25) is 10.0 Å². The van der Waals surface area contributed by atoms with Crippen LogP contribution in [0.2, 0.25) is 0 Å². The lowest BCUT2D eigenvalue weighted by atomic mass is 9.95. The molecule has 0 aromatic heterocycles. The minimum absolute atomic E-state index is 0.0135. The number of aliphatic hydroxyl groups is 1. The normalized spacial score (nSPS) is 24.8. The molecule has 1 fully saturated rings. The molecule has 0 saturated carbocycles. The molecule has 0 aliphatic carbocycles. The van der Waals surface area contributed by atoms with E-state index < -0.39 is 10.0 Å². The molecule has 2 rings (SSSR count). The SMILES string of the molecule is CC1CCN(S(=O)(=O)Cc2cccc(CO)c2)C(C)C1. The van der Waals surface area contributed by atoms with Crippen LogP contribution in [0.5, 0.6) is 0 Å². The third kappa shape index (κ3) is 3.59. The van der Waals surface area contributed by atoms with Crippen LogP contribution < -0.4 is 0 Å². The first-order valence-corrected chi connectivity index (χ1v) is 8.71. The zero-order valence-corrected chi connectivity index (χ0v) is 12.9. The second kappa shape index (κ2) is 6.24. The number of hydrogen-bond acceptors (Lipinski definition) is 3. The number of nitrogens with zero attached hydrogens (tertiary/aromatic N) is 1. The topological polar surface area (TPSA) is 57.6 Å².